The van der Waals surface area contributed by atoms with Crippen molar-refractivity contribution in [2.45, 2.75) is 24.4 Å². The highest BCUT2D eigenvalue weighted by Gasteiger charge is 2.51. The standard InChI is InChI=1S/C27H29N3O3/c1-28(23-17-22(30(31)32)13-14-24(23)33-2)26-21-15-16-29(18-21)27(26)25(19-9-5-3-6-10-19)20-11-7-4-8-12-20/h3-14,17,21,25-27H,15-16,18H2,1-2H3. The van der Waals surface area contributed by atoms with E-state index in [9.17, 15) is 10.1 Å². The molecule has 2 bridgehead atoms. The highest BCUT2D eigenvalue weighted by molar-refractivity contribution is 5.64. The Morgan fingerprint density at radius 1 is 1.03 bits per heavy atom. The number of piperidine rings is 1. The maximum Gasteiger partial charge on any atom is 0.271 e. The maximum absolute atomic E-state index is 11.5. The van der Waals surface area contributed by atoms with E-state index in [2.05, 4.69) is 77.5 Å². The lowest BCUT2D eigenvalue weighted by Crippen LogP contribution is -2.52. The fourth-order valence-electron chi connectivity index (χ4n) is 5.95. The van der Waals surface area contributed by atoms with Crippen molar-refractivity contribution in [1.29, 1.82) is 0 Å². The zero-order chi connectivity index (χ0) is 22.9. The van der Waals surface area contributed by atoms with Gasteiger partial charge in [0.15, 0.2) is 0 Å². The fraction of sp³-hybridized carbons (Fsp3) is 0.333. The van der Waals surface area contributed by atoms with Crippen LogP contribution in [0.2, 0.25) is 0 Å². The first-order valence-corrected chi connectivity index (χ1v) is 11.5. The summed E-state index contributed by atoms with van der Waals surface area (Å²) in [5.41, 5.74) is 3.45. The number of hydrogen-bond donors (Lipinski definition) is 0. The van der Waals surface area contributed by atoms with Crippen LogP contribution in [0.1, 0.15) is 23.5 Å². The molecule has 6 nitrogen and oxygen atoms in total. The molecule has 0 spiro atoms. The highest BCUT2D eigenvalue weighted by atomic mass is 16.6. The maximum atomic E-state index is 11.5. The summed E-state index contributed by atoms with van der Waals surface area (Å²) < 4.78 is 5.63. The van der Waals surface area contributed by atoms with E-state index in [0.717, 1.165) is 25.2 Å². The van der Waals surface area contributed by atoms with Gasteiger partial charge in [-0.3, -0.25) is 15.0 Å². The van der Waals surface area contributed by atoms with Gasteiger partial charge in [-0.15, -0.1) is 0 Å². The van der Waals surface area contributed by atoms with Crippen LogP contribution in [0.5, 0.6) is 5.75 Å². The van der Waals surface area contributed by atoms with Crippen molar-refractivity contribution in [1.82, 2.24) is 4.90 Å². The largest absolute Gasteiger partial charge is 0.495 e. The van der Waals surface area contributed by atoms with E-state index in [1.165, 1.54) is 17.2 Å². The average Bonchev–Trinajstić information content (AvgIpc) is 3.47. The van der Waals surface area contributed by atoms with Gasteiger partial charge in [0, 0.05) is 43.7 Å². The average molecular weight is 444 g/mol. The Hall–Kier alpha value is -3.38. The number of rotatable bonds is 7. The molecule has 4 unspecified atom stereocenters. The molecule has 2 aliphatic heterocycles. The molecule has 0 aromatic heterocycles. The number of fused-ring (bicyclic) bond motifs is 2. The summed E-state index contributed by atoms with van der Waals surface area (Å²) in [7, 11) is 3.69. The lowest BCUT2D eigenvalue weighted by Gasteiger charge is -2.43. The van der Waals surface area contributed by atoms with Crippen molar-refractivity contribution >= 4 is 11.4 Å². The molecule has 0 amide bonds. The first-order valence-electron chi connectivity index (χ1n) is 11.5. The number of non-ortho nitro benzene ring substituents is 1. The third-order valence-corrected chi connectivity index (χ3v) is 7.37. The molecule has 0 radical (unpaired) electrons. The van der Waals surface area contributed by atoms with Crippen molar-refractivity contribution in [2.75, 3.05) is 32.1 Å². The van der Waals surface area contributed by atoms with Gasteiger partial charge >= 0.3 is 0 Å². The normalized spacial score (nSPS) is 23.6. The number of methoxy groups -OCH3 is 1. The number of likely N-dealkylation sites (N-methyl/N-ethyl adjacent to an activating group) is 1. The Bertz CT molecular complexity index is 1080. The SMILES string of the molecule is COc1ccc([N+](=O)[O-])cc1N(C)C1C2CCN(C2)C1C(c1ccccc1)c1ccccc1. The van der Waals surface area contributed by atoms with Gasteiger partial charge in [0.25, 0.3) is 5.69 Å². The summed E-state index contributed by atoms with van der Waals surface area (Å²) in [6, 6.07) is 26.7. The van der Waals surface area contributed by atoms with Crippen molar-refractivity contribution in [3.63, 3.8) is 0 Å². The van der Waals surface area contributed by atoms with Gasteiger partial charge in [0.05, 0.1) is 17.7 Å². The van der Waals surface area contributed by atoms with E-state index in [0.29, 0.717) is 11.7 Å². The van der Waals surface area contributed by atoms with Crippen LogP contribution in [0.4, 0.5) is 11.4 Å². The van der Waals surface area contributed by atoms with E-state index >= 15 is 0 Å². The number of anilines is 1. The number of benzene rings is 3. The quantitative estimate of drug-likeness (QED) is 0.382. The Kier molecular flexibility index (Phi) is 5.77. The van der Waals surface area contributed by atoms with Crippen LogP contribution in [-0.4, -0.2) is 49.2 Å². The number of hydrogen-bond acceptors (Lipinski definition) is 5. The molecule has 0 aliphatic carbocycles. The first kappa shape index (κ1) is 21.5. The zero-order valence-electron chi connectivity index (χ0n) is 19.0. The molecule has 0 N–H and O–H groups in total. The lowest BCUT2D eigenvalue weighted by molar-refractivity contribution is -0.384. The van der Waals surface area contributed by atoms with Crippen molar-refractivity contribution in [3.8, 4) is 5.75 Å². The molecule has 2 saturated heterocycles. The molecule has 33 heavy (non-hydrogen) atoms. The van der Waals surface area contributed by atoms with E-state index in [4.69, 9.17) is 4.74 Å². The lowest BCUT2D eigenvalue weighted by atomic mass is 9.78. The molecule has 0 saturated carbocycles. The Morgan fingerprint density at radius 3 is 2.24 bits per heavy atom. The van der Waals surface area contributed by atoms with Gasteiger partial charge in [-0.25, -0.2) is 0 Å². The second-order valence-electron chi connectivity index (χ2n) is 9.05. The van der Waals surface area contributed by atoms with Crippen LogP contribution < -0.4 is 9.64 Å². The van der Waals surface area contributed by atoms with Gasteiger partial charge in [0.2, 0.25) is 0 Å². The second-order valence-corrected chi connectivity index (χ2v) is 9.05. The Balaban J connectivity index is 1.60. The minimum Gasteiger partial charge on any atom is -0.495 e. The molecule has 3 aromatic carbocycles. The van der Waals surface area contributed by atoms with Gasteiger partial charge in [0.1, 0.15) is 5.75 Å². The summed E-state index contributed by atoms with van der Waals surface area (Å²) in [5.74, 6) is 1.37. The van der Waals surface area contributed by atoms with Crippen LogP contribution in [-0.2, 0) is 0 Å². The molecule has 4 atom stereocenters. The van der Waals surface area contributed by atoms with E-state index < -0.39 is 0 Å². The van der Waals surface area contributed by atoms with Crippen molar-refractivity contribution in [3.05, 3.63) is 100 Å². The van der Waals surface area contributed by atoms with Crippen molar-refractivity contribution < 1.29 is 9.66 Å². The third-order valence-electron chi connectivity index (χ3n) is 7.37. The van der Waals surface area contributed by atoms with Crippen LogP contribution >= 0.6 is 0 Å². The monoisotopic (exact) mass is 443 g/mol. The number of nitro benzene ring substituents is 1. The molecular formula is C27H29N3O3. The smallest absolute Gasteiger partial charge is 0.271 e. The molecule has 3 aromatic rings. The summed E-state index contributed by atoms with van der Waals surface area (Å²) in [6.45, 7) is 2.13. The molecule has 6 heteroatoms. The summed E-state index contributed by atoms with van der Waals surface area (Å²) in [4.78, 5) is 16.0. The molecule has 170 valence electrons. The minimum atomic E-state index is -0.338. The minimum absolute atomic E-state index is 0.0836. The first-order chi connectivity index (χ1) is 16.1. The number of ether oxygens (including phenoxy) is 1. The van der Waals surface area contributed by atoms with E-state index in [1.54, 1.807) is 19.2 Å². The molecular weight excluding hydrogens is 414 g/mol. The highest BCUT2D eigenvalue weighted by Crippen LogP contribution is 2.47. The summed E-state index contributed by atoms with van der Waals surface area (Å²) >= 11 is 0. The number of nitro groups is 1. The molecule has 2 heterocycles. The zero-order valence-corrected chi connectivity index (χ0v) is 19.0. The molecule has 5 rings (SSSR count). The van der Waals surface area contributed by atoms with Gasteiger partial charge in [-0.05, 0) is 36.1 Å². The van der Waals surface area contributed by atoms with Crippen molar-refractivity contribution in [2.24, 2.45) is 5.92 Å². The topological polar surface area (TPSA) is 58.9 Å². The predicted octanol–water partition coefficient (Wildman–Crippen LogP) is 4.94. The molecule has 2 fully saturated rings. The van der Waals surface area contributed by atoms with Gasteiger partial charge in [-0.1, -0.05) is 60.7 Å². The van der Waals surface area contributed by atoms with Gasteiger partial charge in [-0.2, -0.15) is 0 Å². The Morgan fingerprint density at radius 2 is 1.67 bits per heavy atom. The Labute approximate surface area is 194 Å². The second kappa shape index (κ2) is 8.87. The van der Waals surface area contributed by atoms with E-state index in [1.807, 2.05) is 0 Å². The van der Waals surface area contributed by atoms with Gasteiger partial charge < -0.3 is 9.64 Å². The van der Waals surface area contributed by atoms with Crippen LogP contribution in [0.15, 0.2) is 78.9 Å². The fourth-order valence-corrected chi connectivity index (χ4v) is 5.95. The summed E-state index contributed by atoms with van der Waals surface area (Å²) in [6.07, 6.45) is 1.14. The number of nitrogens with zero attached hydrogens (tertiary/aromatic N) is 3. The van der Waals surface area contributed by atoms with Crippen LogP contribution in [0, 0.1) is 16.0 Å². The summed E-state index contributed by atoms with van der Waals surface area (Å²) in [5, 5.41) is 11.5. The van der Waals surface area contributed by atoms with E-state index in [-0.39, 0.29) is 28.6 Å². The third kappa shape index (κ3) is 3.85. The molecule has 2 aliphatic rings. The predicted molar refractivity (Wildman–Crippen MR) is 130 cm³/mol. The van der Waals surface area contributed by atoms with Crippen LogP contribution in [0.3, 0.4) is 0 Å². The van der Waals surface area contributed by atoms with Crippen LogP contribution in [0.25, 0.3) is 0 Å².